The molecule has 0 aliphatic rings. The van der Waals surface area contributed by atoms with E-state index in [2.05, 4.69) is 18.8 Å². The van der Waals surface area contributed by atoms with Crippen LogP contribution in [0.2, 0.25) is 0 Å². The van der Waals surface area contributed by atoms with Crippen molar-refractivity contribution in [2.75, 3.05) is 6.54 Å². The van der Waals surface area contributed by atoms with Crippen LogP contribution in [0.4, 0.5) is 0 Å². The lowest BCUT2D eigenvalue weighted by Gasteiger charge is -2.00. The van der Waals surface area contributed by atoms with Crippen LogP contribution < -0.4 is 5.73 Å². The monoisotopic (exact) mass is 196 g/mol. The number of hydrogen-bond acceptors (Lipinski definition) is 3. The summed E-state index contributed by atoms with van der Waals surface area (Å²) < 4.78 is 5.57. The van der Waals surface area contributed by atoms with Crippen LogP contribution in [0.3, 0.4) is 0 Å². The Kier molecular flexibility index (Phi) is 4.66. The van der Waals surface area contributed by atoms with Crippen LogP contribution in [0.5, 0.6) is 0 Å². The highest BCUT2D eigenvalue weighted by Crippen LogP contribution is 2.11. The highest BCUT2D eigenvalue weighted by molar-refractivity contribution is 4.94. The molecule has 1 aromatic heterocycles. The van der Waals surface area contributed by atoms with Gasteiger partial charge in [-0.2, -0.15) is 0 Å². The quantitative estimate of drug-likeness (QED) is 0.758. The first-order valence-electron chi connectivity index (χ1n) is 5.36. The summed E-state index contributed by atoms with van der Waals surface area (Å²) in [6.07, 6.45) is 5.80. The second-order valence-electron chi connectivity index (χ2n) is 4.05. The van der Waals surface area contributed by atoms with Crippen molar-refractivity contribution in [3.63, 3.8) is 0 Å². The van der Waals surface area contributed by atoms with E-state index in [1.807, 2.05) is 6.20 Å². The van der Waals surface area contributed by atoms with E-state index in [1.165, 1.54) is 0 Å². The van der Waals surface area contributed by atoms with Crippen LogP contribution in [-0.4, -0.2) is 11.5 Å². The molecule has 14 heavy (non-hydrogen) atoms. The van der Waals surface area contributed by atoms with Gasteiger partial charge in [-0.15, -0.1) is 0 Å². The van der Waals surface area contributed by atoms with E-state index in [0.717, 1.165) is 37.3 Å². The molecule has 0 aliphatic heterocycles. The minimum absolute atomic E-state index is 0.698. The molecular weight excluding hydrogens is 176 g/mol. The van der Waals surface area contributed by atoms with Gasteiger partial charge >= 0.3 is 0 Å². The van der Waals surface area contributed by atoms with E-state index >= 15 is 0 Å². The first-order chi connectivity index (χ1) is 6.72. The fourth-order valence-corrected chi connectivity index (χ4v) is 1.26. The van der Waals surface area contributed by atoms with E-state index in [-0.39, 0.29) is 0 Å². The van der Waals surface area contributed by atoms with Crippen molar-refractivity contribution in [1.82, 2.24) is 4.98 Å². The maximum Gasteiger partial charge on any atom is 0.194 e. The summed E-state index contributed by atoms with van der Waals surface area (Å²) in [6.45, 7) is 5.13. The Labute approximate surface area is 85.7 Å². The van der Waals surface area contributed by atoms with Crippen molar-refractivity contribution in [3.05, 3.63) is 17.8 Å². The number of rotatable bonds is 6. The fourth-order valence-electron chi connectivity index (χ4n) is 1.26. The largest absolute Gasteiger partial charge is 0.446 e. The van der Waals surface area contributed by atoms with Gasteiger partial charge in [-0.3, -0.25) is 0 Å². The molecule has 1 aromatic rings. The summed E-state index contributed by atoms with van der Waals surface area (Å²) >= 11 is 0. The van der Waals surface area contributed by atoms with Crippen molar-refractivity contribution < 1.29 is 4.42 Å². The number of nitrogens with zero attached hydrogens (tertiary/aromatic N) is 1. The molecule has 0 atom stereocenters. The molecule has 0 saturated heterocycles. The molecule has 3 nitrogen and oxygen atoms in total. The average molecular weight is 196 g/mol. The summed E-state index contributed by atoms with van der Waals surface area (Å²) in [5.74, 6) is 2.55. The molecule has 0 amide bonds. The van der Waals surface area contributed by atoms with Crippen LogP contribution in [0.15, 0.2) is 10.6 Å². The van der Waals surface area contributed by atoms with E-state index < -0.39 is 0 Å². The summed E-state index contributed by atoms with van der Waals surface area (Å²) in [5.41, 5.74) is 5.41. The zero-order valence-corrected chi connectivity index (χ0v) is 9.12. The Bertz CT molecular complexity index is 256. The predicted octanol–water partition coefficient (Wildman–Crippen LogP) is 2.15. The third-order valence-electron chi connectivity index (χ3n) is 2.16. The Balaban J connectivity index is 2.35. The number of oxazole rings is 1. The van der Waals surface area contributed by atoms with Gasteiger partial charge in [0.1, 0.15) is 5.76 Å². The molecule has 0 spiro atoms. The molecule has 0 aromatic carbocycles. The molecule has 0 saturated carbocycles. The highest BCUT2D eigenvalue weighted by atomic mass is 16.4. The highest BCUT2D eigenvalue weighted by Gasteiger charge is 2.04. The average Bonchev–Trinajstić information content (AvgIpc) is 2.59. The molecule has 0 unspecified atom stereocenters. The molecule has 0 bridgehead atoms. The van der Waals surface area contributed by atoms with Crippen molar-refractivity contribution >= 4 is 0 Å². The second kappa shape index (κ2) is 5.81. The predicted molar refractivity (Wildman–Crippen MR) is 57.0 cm³/mol. The Morgan fingerprint density at radius 2 is 2.21 bits per heavy atom. The Morgan fingerprint density at radius 3 is 2.86 bits per heavy atom. The second-order valence-corrected chi connectivity index (χ2v) is 4.05. The SMILES string of the molecule is CC(C)CCc1cnc(CCCN)o1. The number of aryl methyl sites for hydroxylation is 2. The van der Waals surface area contributed by atoms with Gasteiger partial charge in [-0.1, -0.05) is 13.8 Å². The van der Waals surface area contributed by atoms with Gasteiger partial charge < -0.3 is 10.2 Å². The molecule has 80 valence electrons. The lowest BCUT2D eigenvalue weighted by molar-refractivity contribution is 0.433. The van der Waals surface area contributed by atoms with Crippen LogP contribution in [0.25, 0.3) is 0 Å². The van der Waals surface area contributed by atoms with E-state index in [0.29, 0.717) is 12.5 Å². The zero-order chi connectivity index (χ0) is 10.4. The van der Waals surface area contributed by atoms with Gasteiger partial charge in [0.2, 0.25) is 0 Å². The summed E-state index contributed by atoms with van der Waals surface area (Å²) in [6, 6.07) is 0. The lowest BCUT2D eigenvalue weighted by Crippen LogP contribution is -2.00. The van der Waals surface area contributed by atoms with Crippen molar-refractivity contribution in [3.8, 4) is 0 Å². The minimum Gasteiger partial charge on any atom is -0.446 e. The number of nitrogens with two attached hydrogens (primary N) is 1. The van der Waals surface area contributed by atoms with Crippen molar-refractivity contribution in [1.29, 1.82) is 0 Å². The summed E-state index contributed by atoms with van der Waals surface area (Å²) in [4.78, 5) is 4.21. The molecule has 1 heterocycles. The normalized spacial score (nSPS) is 11.1. The maximum absolute atomic E-state index is 5.57. The first kappa shape index (κ1) is 11.2. The van der Waals surface area contributed by atoms with Crippen LogP contribution in [0, 0.1) is 5.92 Å². The molecule has 3 heteroatoms. The summed E-state index contributed by atoms with van der Waals surface area (Å²) in [5, 5.41) is 0. The molecule has 0 fully saturated rings. The Hall–Kier alpha value is -0.830. The number of aromatic nitrogens is 1. The molecule has 1 rings (SSSR count). The van der Waals surface area contributed by atoms with Gasteiger partial charge in [0.05, 0.1) is 6.20 Å². The zero-order valence-electron chi connectivity index (χ0n) is 9.12. The van der Waals surface area contributed by atoms with Gasteiger partial charge in [-0.25, -0.2) is 4.98 Å². The van der Waals surface area contributed by atoms with Gasteiger partial charge in [0.15, 0.2) is 5.89 Å². The third-order valence-corrected chi connectivity index (χ3v) is 2.16. The topological polar surface area (TPSA) is 52.0 Å². The van der Waals surface area contributed by atoms with E-state index in [9.17, 15) is 0 Å². The molecule has 0 radical (unpaired) electrons. The van der Waals surface area contributed by atoms with E-state index in [1.54, 1.807) is 0 Å². The summed E-state index contributed by atoms with van der Waals surface area (Å²) in [7, 11) is 0. The van der Waals surface area contributed by atoms with Crippen LogP contribution >= 0.6 is 0 Å². The molecular formula is C11H20N2O. The van der Waals surface area contributed by atoms with Crippen molar-refractivity contribution in [2.45, 2.75) is 39.5 Å². The van der Waals surface area contributed by atoms with E-state index in [4.69, 9.17) is 10.2 Å². The fraction of sp³-hybridized carbons (Fsp3) is 0.727. The van der Waals surface area contributed by atoms with Gasteiger partial charge in [0, 0.05) is 12.8 Å². The van der Waals surface area contributed by atoms with Crippen LogP contribution in [-0.2, 0) is 12.8 Å². The lowest BCUT2D eigenvalue weighted by atomic mass is 10.1. The molecule has 2 N–H and O–H groups in total. The first-order valence-corrected chi connectivity index (χ1v) is 5.36. The smallest absolute Gasteiger partial charge is 0.194 e. The van der Waals surface area contributed by atoms with Gasteiger partial charge in [0.25, 0.3) is 0 Å². The Morgan fingerprint density at radius 1 is 1.43 bits per heavy atom. The standard InChI is InChI=1S/C11H20N2O/c1-9(2)5-6-10-8-13-11(14-10)4-3-7-12/h8-9H,3-7,12H2,1-2H3. The van der Waals surface area contributed by atoms with Crippen molar-refractivity contribution in [2.24, 2.45) is 11.7 Å². The minimum atomic E-state index is 0.698. The van der Waals surface area contributed by atoms with Crippen LogP contribution in [0.1, 0.15) is 38.3 Å². The molecule has 0 aliphatic carbocycles. The third kappa shape index (κ3) is 3.92. The number of hydrogen-bond donors (Lipinski definition) is 1. The maximum atomic E-state index is 5.57. The van der Waals surface area contributed by atoms with Gasteiger partial charge in [-0.05, 0) is 25.3 Å².